The number of aliphatic hydroxyl groups is 2. The number of aliphatic hydroxyl groups excluding tert-OH is 2. The van der Waals surface area contributed by atoms with Crippen LogP contribution in [0.25, 0.3) is 0 Å². The maximum absolute atomic E-state index is 9.13. The first-order chi connectivity index (χ1) is 8.51. The van der Waals surface area contributed by atoms with E-state index in [0.29, 0.717) is 0 Å². The van der Waals surface area contributed by atoms with Crippen molar-refractivity contribution in [2.24, 2.45) is 0 Å². The van der Waals surface area contributed by atoms with E-state index in [0.717, 1.165) is 13.0 Å². The Morgan fingerprint density at radius 3 is 2.22 bits per heavy atom. The van der Waals surface area contributed by atoms with Crippen molar-refractivity contribution in [2.45, 2.75) is 33.2 Å². The van der Waals surface area contributed by atoms with Gasteiger partial charge in [0.15, 0.2) is 0 Å². The molecule has 0 aliphatic carbocycles. The zero-order valence-electron chi connectivity index (χ0n) is 11.9. The number of benzene rings is 1. The molecule has 0 aromatic heterocycles. The highest BCUT2D eigenvalue weighted by molar-refractivity contribution is 5.38. The molecule has 0 fully saturated rings. The molecular weight excluding hydrogens is 226 g/mol. The second-order valence-corrected chi connectivity index (χ2v) is 5.04. The summed E-state index contributed by atoms with van der Waals surface area (Å²) in [7, 11) is 1.94. The molecule has 0 aliphatic rings. The third kappa shape index (κ3) is 3.55. The van der Waals surface area contributed by atoms with Crippen molar-refractivity contribution in [1.82, 2.24) is 4.90 Å². The Morgan fingerprint density at radius 1 is 1.06 bits per heavy atom. The van der Waals surface area contributed by atoms with Crippen LogP contribution in [0.2, 0.25) is 0 Å². The summed E-state index contributed by atoms with van der Waals surface area (Å²) in [5, 5.41) is 18.3. The summed E-state index contributed by atoms with van der Waals surface area (Å²) in [5.74, 6) is 0. The summed E-state index contributed by atoms with van der Waals surface area (Å²) in [6.45, 7) is 7.29. The van der Waals surface area contributed by atoms with Gasteiger partial charge in [0.1, 0.15) is 0 Å². The molecule has 0 radical (unpaired) electrons. The van der Waals surface area contributed by atoms with E-state index < -0.39 is 0 Å². The van der Waals surface area contributed by atoms with E-state index in [1.807, 2.05) is 11.9 Å². The van der Waals surface area contributed by atoms with Crippen LogP contribution in [0.4, 0.5) is 0 Å². The number of rotatable bonds is 6. The van der Waals surface area contributed by atoms with Gasteiger partial charge in [-0.1, -0.05) is 12.1 Å². The smallest absolute Gasteiger partial charge is 0.0609 e. The summed E-state index contributed by atoms with van der Waals surface area (Å²) < 4.78 is 0. The van der Waals surface area contributed by atoms with Gasteiger partial charge in [0.25, 0.3) is 0 Å². The molecule has 1 aromatic carbocycles. The van der Waals surface area contributed by atoms with Gasteiger partial charge in [-0.2, -0.15) is 0 Å². The Morgan fingerprint density at radius 2 is 1.67 bits per heavy atom. The van der Waals surface area contributed by atoms with E-state index in [9.17, 15) is 0 Å². The lowest BCUT2D eigenvalue weighted by Crippen LogP contribution is -2.38. The van der Waals surface area contributed by atoms with Crippen LogP contribution in [0, 0.1) is 20.8 Å². The molecule has 0 atom stereocenters. The van der Waals surface area contributed by atoms with Crippen molar-refractivity contribution in [3.63, 3.8) is 0 Å². The predicted molar refractivity (Wildman–Crippen MR) is 74.9 cm³/mol. The minimum absolute atomic E-state index is 0.00108. The lowest BCUT2D eigenvalue weighted by atomic mass is 9.97. The zero-order valence-corrected chi connectivity index (χ0v) is 11.9. The molecule has 3 heteroatoms. The predicted octanol–water partition coefficient (Wildman–Crippen LogP) is 1.44. The van der Waals surface area contributed by atoms with Gasteiger partial charge in [-0.05, 0) is 56.5 Å². The van der Waals surface area contributed by atoms with E-state index in [1.165, 1.54) is 22.3 Å². The molecule has 0 spiro atoms. The van der Waals surface area contributed by atoms with Gasteiger partial charge in [0.2, 0.25) is 0 Å². The average molecular weight is 251 g/mol. The Bertz CT molecular complexity index is 386. The van der Waals surface area contributed by atoms with E-state index in [1.54, 1.807) is 0 Å². The summed E-state index contributed by atoms with van der Waals surface area (Å²) in [6.07, 6.45) is 0.944. The Labute approximate surface area is 110 Å². The highest BCUT2D eigenvalue weighted by Crippen LogP contribution is 2.17. The van der Waals surface area contributed by atoms with Crippen molar-refractivity contribution in [3.05, 3.63) is 34.4 Å². The minimum Gasteiger partial charge on any atom is -0.395 e. The van der Waals surface area contributed by atoms with E-state index in [2.05, 4.69) is 32.9 Å². The van der Waals surface area contributed by atoms with Gasteiger partial charge in [-0.25, -0.2) is 0 Å². The first-order valence-electron chi connectivity index (χ1n) is 6.48. The molecule has 18 heavy (non-hydrogen) atoms. The van der Waals surface area contributed by atoms with Crippen LogP contribution < -0.4 is 0 Å². The molecule has 1 rings (SSSR count). The molecule has 0 unspecified atom stereocenters. The molecule has 3 nitrogen and oxygen atoms in total. The van der Waals surface area contributed by atoms with Crippen LogP contribution in [0.5, 0.6) is 0 Å². The maximum Gasteiger partial charge on any atom is 0.0609 e. The molecule has 0 saturated heterocycles. The quantitative estimate of drug-likeness (QED) is 0.804. The first kappa shape index (κ1) is 15.2. The third-order valence-corrected chi connectivity index (χ3v) is 3.95. The number of nitrogens with zero attached hydrogens (tertiary/aromatic N) is 1. The minimum atomic E-state index is -0.156. The second kappa shape index (κ2) is 6.88. The van der Waals surface area contributed by atoms with E-state index >= 15 is 0 Å². The van der Waals surface area contributed by atoms with Crippen molar-refractivity contribution < 1.29 is 10.2 Å². The van der Waals surface area contributed by atoms with Crippen molar-refractivity contribution in [3.8, 4) is 0 Å². The molecule has 0 heterocycles. The fraction of sp³-hybridized carbons (Fsp3) is 0.600. The van der Waals surface area contributed by atoms with Gasteiger partial charge < -0.3 is 10.2 Å². The highest BCUT2D eigenvalue weighted by atomic mass is 16.3. The molecule has 0 bridgehead atoms. The largest absolute Gasteiger partial charge is 0.395 e. The molecule has 2 N–H and O–H groups in total. The standard InChI is InChI=1S/C15H25NO2/c1-11-5-6-14(13(3)12(11)2)7-8-16(4)15(9-17)10-18/h5-6,15,17-18H,7-10H2,1-4H3. The molecule has 0 amide bonds. The fourth-order valence-electron chi connectivity index (χ4n) is 2.10. The van der Waals surface area contributed by atoms with Gasteiger partial charge >= 0.3 is 0 Å². The van der Waals surface area contributed by atoms with Gasteiger partial charge in [-0.3, -0.25) is 4.90 Å². The third-order valence-electron chi connectivity index (χ3n) is 3.95. The van der Waals surface area contributed by atoms with Crippen LogP contribution in [-0.4, -0.2) is 48.0 Å². The van der Waals surface area contributed by atoms with Crippen molar-refractivity contribution in [2.75, 3.05) is 26.8 Å². The summed E-state index contributed by atoms with van der Waals surface area (Å²) in [6, 6.07) is 4.18. The van der Waals surface area contributed by atoms with Crippen LogP contribution in [-0.2, 0) is 6.42 Å². The number of likely N-dealkylation sites (N-methyl/N-ethyl adjacent to an activating group) is 1. The topological polar surface area (TPSA) is 43.7 Å². The fourth-order valence-corrected chi connectivity index (χ4v) is 2.10. The summed E-state index contributed by atoms with van der Waals surface area (Å²) in [4.78, 5) is 2.01. The lowest BCUT2D eigenvalue weighted by molar-refractivity contribution is 0.0925. The Balaban J connectivity index is 2.67. The molecular formula is C15H25NO2. The van der Waals surface area contributed by atoms with E-state index in [4.69, 9.17) is 10.2 Å². The van der Waals surface area contributed by atoms with Crippen LogP contribution >= 0.6 is 0 Å². The molecule has 0 aliphatic heterocycles. The maximum atomic E-state index is 9.13. The molecule has 1 aromatic rings. The van der Waals surface area contributed by atoms with Crippen LogP contribution in [0.15, 0.2) is 12.1 Å². The Hall–Kier alpha value is -0.900. The monoisotopic (exact) mass is 251 g/mol. The van der Waals surface area contributed by atoms with Crippen LogP contribution in [0.1, 0.15) is 22.3 Å². The first-order valence-corrected chi connectivity index (χ1v) is 6.48. The van der Waals surface area contributed by atoms with E-state index in [-0.39, 0.29) is 19.3 Å². The SMILES string of the molecule is Cc1ccc(CCN(C)C(CO)CO)c(C)c1C. The van der Waals surface area contributed by atoms with Crippen LogP contribution in [0.3, 0.4) is 0 Å². The van der Waals surface area contributed by atoms with Gasteiger partial charge in [0, 0.05) is 6.54 Å². The summed E-state index contributed by atoms with van der Waals surface area (Å²) in [5.41, 5.74) is 5.39. The lowest BCUT2D eigenvalue weighted by Gasteiger charge is -2.25. The highest BCUT2D eigenvalue weighted by Gasteiger charge is 2.12. The van der Waals surface area contributed by atoms with Crippen molar-refractivity contribution in [1.29, 1.82) is 0 Å². The summed E-state index contributed by atoms with van der Waals surface area (Å²) >= 11 is 0. The average Bonchev–Trinajstić information content (AvgIpc) is 2.36. The molecule has 102 valence electrons. The number of aryl methyl sites for hydroxylation is 1. The Kier molecular flexibility index (Phi) is 5.79. The van der Waals surface area contributed by atoms with Crippen molar-refractivity contribution >= 4 is 0 Å². The van der Waals surface area contributed by atoms with Gasteiger partial charge in [0.05, 0.1) is 19.3 Å². The zero-order chi connectivity index (χ0) is 13.7. The van der Waals surface area contributed by atoms with Gasteiger partial charge in [-0.15, -0.1) is 0 Å². The number of hydrogen-bond acceptors (Lipinski definition) is 3. The molecule has 0 saturated carbocycles. The number of hydrogen-bond donors (Lipinski definition) is 2. The normalized spacial score (nSPS) is 11.6. The second-order valence-electron chi connectivity index (χ2n) is 5.04.